The standard InChI is InChI=1S/C17H25FN2O3/c1-12-5-6-19-10-16(12)20-17(21)13-3-4-15(18)14(9-13)11-23-8-7-22-2/h3-4,9,12,16,19H,5-8,10-11H2,1-2H3,(H,20,21). The molecule has 0 bridgehead atoms. The van der Waals surface area contributed by atoms with Gasteiger partial charge in [0.1, 0.15) is 5.82 Å². The van der Waals surface area contributed by atoms with Crippen molar-refractivity contribution in [3.63, 3.8) is 0 Å². The second-order valence-electron chi connectivity index (χ2n) is 5.90. The average Bonchev–Trinajstić information content (AvgIpc) is 2.55. The van der Waals surface area contributed by atoms with Crippen molar-refractivity contribution in [2.45, 2.75) is 26.0 Å². The highest BCUT2D eigenvalue weighted by Gasteiger charge is 2.23. The molecule has 1 aliphatic rings. The van der Waals surface area contributed by atoms with E-state index in [9.17, 15) is 9.18 Å². The minimum Gasteiger partial charge on any atom is -0.382 e. The Balaban J connectivity index is 1.96. The van der Waals surface area contributed by atoms with Gasteiger partial charge in [-0.1, -0.05) is 6.92 Å². The molecule has 6 heteroatoms. The molecule has 1 heterocycles. The Kier molecular flexibility index (Phi) is 6.95. The molecule has 128 valence electrons. The van der Waals surface area contributed by atoms with Gasteiger partial charge in [-0.2, -0.15) is 0 Å². The summed E-state index contributed by atoms with van der Waals surface area (Å²) in [4.78, 5) is 12.4. The molecule has 0 radical (unpaired) electrons. The zero-order valence-electron chi connectivity index (χ0n) is 13.7. The summed E-state index contributed by atoms with van der Waals surface area (Å²) in [6.45, 7) is 4.84. The molecule has 1 aromatic rings. The van der Waals surface area contributed by atoms with E-state index in [1.807, 2.05) is 0 Å². The Labute approximate surface area is 136 Å². The van der Waals surface area contributed by atoms with Gasteiger partial charge in [-0.25, -0.2) is 4.39 Å². The van der Waals surface area contributed by atoms with Crippen LogP contribution in [0.4, 0.5) is 4.39 Å². The lowest BCUT2D eigenvalue weighted by molar-refractivity contribution is 0.0603. The fourth-order valence-electron chi connectivity index (χ4n) is 2.59. The maximum Gasteiger partial charge on any atom is 0.251 e. The number of rotatable bonds is 7. The summed E-state index contributed by atoms with van der Waals surface area (Å²) in [7, 11) is 1.58. The molecule has 2 unspecified atom stereocenters. The van der Waals surface area contributed by atoms with Gasteiger partial charge in [0, 0.05) is 30.8 Å². The lowest BCUT2D eigenvalue weighted by Gasteiger charge is -2.30. The highest BCUT2D eigenvalue weighted by molar-refractivity contribution is 5.94. The van der Waals surface area contributed by atoms with E-state index in [1.165, 1.54) is 12.1 Å². The zero-order valence-corrected chi connectivity index (χ0v) is 13.7. The van der Waals surface area contributed by atoms with E-state index in [0.717, 1.165) is 19.5 Å². The van der Waals surface area contributed by atoms with Crippen LogP contribution in [0.15, 0.2) is 18.2 Å². The van der Waals surface area contributed by atoms with Crippen LogP contribution in [-0.2, 0) is 16.1 Å². The molecule has 0 spiro atoms. The summed E-state index contributed by atoms with van der Waals surface area (Å²) in [6.07, 6.45) is 1.03. The number of hydrogen-bond donors (Lipinski definition) is 2. The summed E-state index contributed by atoms with van der Waals surface area (Å²) in [5, 5.41) is 6.30. The first-order valence-electron chi connectivity index (χ1n) is 7.98. The largest absolute Gasteiger partial charge is 0.382 e. The van der Waals surface area contributed by atoms with E-state index in [0.29, 0.717) is 30.3 Å². The fourth-order valence-corrected chi connectivity index (χ4v) is 2.59. The number of amides is 1. The first kappa shape index (κ1) is 17.8. The molecule has 1 saturated heterocycles. The summed E-state index contributed by atoms with van der Waals surface area (Å²) >= 11 is 0. The minimum absolute atomic E-state index is 0.0997. The summed E-state index contributed by atoms with van der Waals surface area (Å²) in [5.41, 5.74) is 0.832. The van der Waals surface area contributed by atoms with E-state index < -0.39 is 0 Å². The molecule has 5 nitrogen and oxygen atoms in total. The Morgan fingerprint density at radius 2 is 2.26 bits per heavy atom. The van der Waals surface area contributed by atoms with Gasteiger partial charge in [0.15, 0.2) is 0 Å². The number of carbonyl (C=O) groups excluding carboxylic acids is 1. The third-order valence-corrected chi connectivity index (χ3v) is 4.14. The van der Waals surface area contributed by atoms with Crippen molar-refractivity contribution in [2.24, 2.45) is 5.92 Å². The Morgan fingerprint density at radius 1 is 1.43 bits per heavy atom. The van der Waals surface area contributed by atoms with Crippen LogP contribution < -0.4 is 10.6 Å². The Morgan fingerprint density at radius 3 is 3.00 bits per heavy atom. The van der Waals surface area contributed by atoms with Crippen LogP contribution in [0.5, 0.6) is 0 Å². The van der Waals surface area contributed by atoms with Gasteiger partial charge >= 0.3 is 0 Å². The van der Waals surface area contributed by atoms with Gasteiger partial charge < -0.3 is 20.1 Å². The van der Waals surface area contributed by atoms with Crippen molar-refractivity contribution in [1.29, 1.82) is 0 Å². The number of carbonyl (C=O) groups is 1. The van der Waals surface area contributed by atoms with Crippen LogP contribution in [-0.4, -0.2) is 45.4 Å². The molecule has 2 atom stereocenters. The van der Waals surface area contributed by atoms with Crippen LogP contribution >= 0.6 is 0 Å². The summed E-state index contributed by atoms with van der Waals surface area (Å²) in [6, 6.07) is 4.47. The molecule has 2 N–H and O–H groups in total. The monoisotopic (exact) mass is 324 g/mol. The minimum atomic E-state index is -0.369. The molecule has 23 heavy (non-hydrogen) atoms. The molecule has 1 fully saturated rings. The quantitative estimate of drug-likeness (QED) is 0.750. The third kappa shape index (κ3) is 5.27. The number of ether oxygens (including phenoxy) is 2. The highest BCUT2D eigenvalue weighted by Crippen LogP contribution is 2.15. The molecule has 1 aliphatic heterocycles. The van der Waals surface area contributed by atoms with Crippen molar-refractivity contribution in [3.05, 3.63) is 35.1 Å². The van der Waals surface area contributed by atoms with Crippen molar-refractivity contribution >= 4 is 5.91 Å². The van der Waals surface area contributed by atoms with Crippen molar-refractivity contribution in [1.82, 2.24) is 10.6 Å². The average molecular weight is 324 g/mol. The number of hydrogen-bond acceptors (Lipinski definition) is 4. The molecule has 1 aromatic carbocycles. The number of piperidine rings is 1. The number of nitrogens with one attached hydrogen (secondary N) is 2. The maximum absolute atomic E-state index is 13.8. The van der Waals surface area contributed by atoms with Crippen LogP contribution in [0.2, 0.25) is 0 Å². The summed E-state index contributed by atoms with van der Waals surface area (Å²) < 4.78 is 24.0. The second-order valence-corrected chi connectivity index (χ2v) is 5.90. The number of halogens is 1. The summed E-state index contributed by atoms with van der Waals surface area (Å²) in [5.74, 6) is -0.118. The van der Waals surface area contributed by atoms with E-state index >= 15 is 0 Å². The SMILES string of the molecule is COCCOCc1cc(C(=O)NC2CNCCC2C)ccc1F. The van der Waals surface area contributed by atoms with Gasteiger partial charge in [0.05, 0.1) is 19.8 Å². The Bertz CT molecular complexity index is 525. The number of benzene rings is 1. The molecule has 0 aliphatic carbocycles. The van der Waals surface area contributed by atoms with Crippen molar-refractivity contribution in [2.75, 3.05) is 33.4 Å². The second kappa shape index (κ2) is 8.96. The highest BCUT2D eigenvalue weighted by atomic mass is 19.1. The van der Waals surface area contributed by atoms with E-state index in [2.05, 4.69) is 17.6 Å². The topological polar surface area (TPSA) is 59.6 Å². The first-order valence-corrected chi connectivity index (χ1v) is 7.98. The molecule has 0 saturated carbocycles. The van der Waals surface area contributed by atoms with Crippen LogP contribution in [0.1, 0.15) is 29.3 Å². The predicted molar refractivity (Wildman–Crippen MR) is 85.8 cm³/mol. The maximum atomic E-state index is 13.8. The fraction of sp³-hybridized carbons (Fsp3) is 0.588. The van der Waals surface area contributed by atoms with E-state index in [1.54, 1.807) is 13.2 Å². The van der Waals surface area contributed by atoms with Gasteiger partial charge in [0.2, 0.25) is 0 Å². The van der Waals surface area contributed by atoms with Crippen molar-refractivity contribution < 1.29 is 18.7 Å². The molecular weight excluding hydrogens is 299 g/mol. The van der Waals surface area contributed by atoms with E-state index in [-0.39, 0.29) is 24.4 Å². The third-order valence-electron chi connectivity index (χ3n) is 4.14. The van der Waals surface area contributed by atoms with Crippen LogP contribution in [0.3, 0.4) is 0 Å². The lowest BCUT2D eigenvalue weighted by atomic mass is 9.94. The zero-order chi connectivity index (χ0) is 16.7. The predicted octanol–water partition coefficient (Wildman–Crippen LogP) is 1.72. The van der Waals surface area contributed by atoms with Gasteiger partial charge in [-0.05, 0) is 37.1 Å². The van der Waals surface area contributed by atoms with E-state index in [4.69, 9.17) is 9.47 Å². The lowest BCUT2D eigenvalue weighted by Crippen LogP contribution is -2.50. The molecule has 1 amide bonds. The molecular formula is C17H25FN2O3. The van der Waals surface area contributed by atoms with Gasteiger partial charge in [-0.3, -0.25) is 4.79 Å². The molecule has 0 aromatic heterocycles. The first-order chi connectivity index (χ1) is 11.1. The van der Waals surface area contributed by atoms with Crippen molar-refractivity contribution in [3.8, 4) is 0 Å². The number of methoxy groups -OCH3 is 1. The van der Waals surface area contributed by atoms with Crippen LogP contribution in [0.25, 0.3) is 0 Å². The smallest absolute Gasteiger partial charge is 0.251 e. The van der Waals surface area contributed by atoms with Gasteiger partial charge in [-0.15, -0.1) is 0 Å². The Hall–Kier alpha value is -1.50. The molecule has 2 rings (SSSR count). The van der Waals surface area contributed by atoms with Crippen LogP contribution in [0, 0.1) is 11.7 Å². The normalized spacial score (nSPS) is 21.2. The van der Waals surface area contributed by atoms with Gasteiger partial charge in [0.25, 0.3) is 5.91 Å².